The molecule has 0 aliphatic carbocycles. The standard InChI is InChI=1S/C21H18Cl2F2N2O2/c1-12(13-3-6-17(24)18(25)9-13)27(2)21(28)8-7-20-26-11-19(29-20)15-5-4-14(22)10-16(15)23/h3-6,9-12H,7-8H2,1-2H3. The lowest BCUT2D eigenvalue weighted by molar-refractivity contribution is -0.131. The van der Waals surface area contributed by atoms with Gasteiger partial charge in [0.25, 0.3) is 0 Å². The second-order valence-electron chi connectivity index (χ2n) is 6.60. The third kappa shape index (κ3) is 4.95. The van der Waals surface area contributed by atoms with Gasteiger partial charge in [-0.25, -0.2) is 13.8 Å². The number of rotatable bonds is 6. The van der Waals surface area contributed by atoms with Gasteiger partial charge in [0, 0.05) is 30.5 Å². The van der Waals surface area contributed by atoms with E-state index in [0.717, 1.165) is 12.1 Å². The molecule has 4 nitrogen and oxygen atoms in total. The fourth-order valence-corrected chi connectivity index (χ4v) is 3.34. The molecular formula is C21H18Cl2F2N2O2. The van der Waals surface area contributed by atoms with Crippen LogP contribution in [0, 0.1) is 11.6 Å². The van der Waals surface area contributed by atoms with E-state index in [1.165, 1.54) is 11.0 Å². The van der Waals surface area contributed by atoms with Gasteiger partial charge in [-0.3, -0.25) is 4.79 Å². The Bertz CT molecular complexity index is 1040. The van der Waals surface area contributed by atoms with E-state index in [9.17, 15) is 13.6 Å². The minimum Gasteiger partial charge on any atom is -0.441 e. The molecule has 1 atom stereocenters. The number of amides is 1. The average Bonchev–Trinajstić information content (AvgIpc) is 3.15. The van der Waals surface area contributed by atoms with E-state index in [-0.39, 0.29) is 12.3 Å². The van der Waals surface area contributed by atoms with Gasteiger partial charge in [-0.1, -0.05) is 29.3 Å². The molecule has 0 saturated heterocycles. The topological polar surface area (TPSA) is 46.3 Å². The highest BCUT2D eigenvalue weighted by atomic mass is 35.5. The van der Waals surface area contributed by atoms with Crippen LogP contribution in [0.4, 0.5) is 8.78 Å². The van der Waals surface area contributed by atoms with E-state index in [4.69, 9.17) is 27.6 Å². The van der Waals surface area contributed by atoms with Crippen molar-refractivity contribution in [3.8, 4) is 11.3 Å². The van der Waals surface area contributed by atoms with Gasteiger partial charge in [-0.2, -0.15) is 0 Å². The Morgan fingerprint density at radius 2 is 1.93 bits per heavy atom. The number of hydrogen-bond acceptors (Lipinski definition) is 3. The number of aromatic nitrogens is 1. The molecule has 3 rings (SSSR count). The van der Waals surface area contributed by atoms with E-state index < -0.39 is 17.7 Å². The maximum Gasteiger partial charge on any atom is 0.223 e. The smallest absolute Gasteiger partial charge is 0.223 e. The summed E-state index contributed by atoms with van der Waals surface area (Å²) >= 11 is 12.1. The van der Waals surface area contributed by atoms with Gasteiger partial charge < -0.3 is 9.32 Å². The lowest BCUT2D eigenvalue weighted by Gasteiger charge is -2.25. The Kier molecular flexibility index (Phi) is 6.55. The van der Waals surface area contributed by atoms with Crippen LogP contribution in [0.5, 0.6) is 0 Å². The molecule has 1 aromatic heterocycles. The van der Waals surface area contributed by atoms with Crippen LogP contribution < -0.4 is 0 Å². The van der Waals surface area contributed by atoms with Crippen LogP contribution in [-0.2, 0) is 11.2 Å². The van der Waals surface area contributed by atoms with E-state index in [1.807, 2.05) is 0 Å². The fraction of sp³-hybridized carbons (Fsp3) is 0.238. The molecule has 1 heterocycles. The van der Waals surface area contributed by atoms with Crippen molar-refractivity contribution in [3.05, 3.63) is 75.7 Å². The quantitative estimate of drug-likeness (QED) is 0.468. The highest BCUT2D eigenvalue weighted by Crippen LogP contribution is 2.31. The Labute approximate surface area is 177 Å². The molecule has 0 fully saturated rings. The van der Waals surface area contributed by atoms with Crippen LogP contribution in [0.25, 0.3) is 11.3 Å². The third-order valence-corrected chi connectivity index (χ3v) is 5.25. The zero-order valence-electron chi connectivity index (χ0n) is 15.8. The minimum atomic E-state index is -0.941. The molecule has 3 aromatic rings. The highest BCUT2D eigenvalue weighted by molar-refractivity contribution is 6.36. The van der Waals surface area contributed by atoms with Crippen molar-refractivity contribution in [3.63, 3.8) is 0 Å². The van der Waals surface area contributed by atoms with Gasteiger partial charge >= 0.3 is 0 Å². The van der Waals surface area contributed by atoms with Crippen LogP contribution in [0.1, 0.15) is 30.8 Å². The van der Waals surface area contributed by atoms with Crippen LogP contribution >= 0.6 is 23.2 Å². The highest BCUT2D eigenvalue weighted by Gasteiger charge is 2.19. The lowest BCUT2D eigenvalue weighted by atomic mass is 10.1. The average molecular weight is 439 g/mol. The van der Waals surface area contributed by atoms with Gasteiger partial charge in [0.15, 0.2) is 23.3 Å². The summed E-state index contributed by atoms with van der Waals surface area (Å²) in [6.07, 6.45) is 1.99. The Balaban J connectivity index is 1.63. The van der Waals surface area contributed by atoms with Crippen LogP contribution in [0.15, 0.2) is 47.0 Å². The van der Waals surface area contributed by atoms with Gasteiger partial charge in [-0.05, 0) is 42.8 Å². The first-order chi connectivity index (χ1) is 13.8. The first-order valence-corrected chi connectivity index (χ1v) is 9.62. The number of aryl methyl sites for hydroxylation is 1. The fourth-order valence-electron chi connectivity index (χ4n) is 2.84. The minimum absolute atomic E-state index is 0.152. The maximum atomic E-state index is 13.5. The third-order valence-electron chi connectivity index (χ3n) is 4.70. The normalized spacial score (nSPS) is 12.1. The zero-order chi connectivity index (χ0) is 21.1. The zero-order valence-corrected chi connectivity index (χ0v) is 17.3. The van der Waals surface area contributed by atoms with Crippen molar-refractivity contribution in [1.29, 1.82) is 0 Å². The summed E-state index contributed by atoms with van der Waals surface area (Å²) in [6.45, 7) is 1.75. The Morgan fingerprint density at radius 3 is 2.62 bits per heavy atom. The summed E-state index contributed by atoms with van der Waals surface area (Å²) < 4.78 is 32.3. The number of hydrogen-bond donors (Lipinski definition) is 0. The molecule has 152 valence electrons. The summed E-state index contributed by atoms with van der Waals surface area (Å²) in [4.78, 5) is 18.2. The van der Waals surface area contributed by atoms with Crippen molar-refractivity contribution >= 4 is 29.1 Å². The van der Waals surface area contributed by atoms with E-state index >= 15 is 0 Å². The van der Waals surface area contributed by atoms with E-state index in [1.54, 1.807) is 38.4 Å². The molecule has 0 bridgehead atoms. The van der Waals surface area contributed by atoms with Crippen molar-refractivity contribution in [2.75, 3.05) is 7.05 Å². The number of nitrogens with zero attached hydrogens (tertiary/aromatic N) is 2. The molecule has 0 aliphatic rings. The molecule has 2 aromatic carbocycles. The number of benzene rings is 2. The molecule has 0 radical (unpaired) electrons. The summed E-state index contributed by atoms with van der Waals surface area (Å²) in [6, 6.07) is 8.24. The van der Waals surface area contributed by atoms with Gasteiger partial charge in [0.05, 0.1) is 17.3 Å². The monoisotopic (exact) mass is 438 g/mol. The second kappa shape index (κ2) is 8.93. The van der Waals surface area contributed by atoms with Gasteiger partial charge in [0.1, 0.15) is 0 Å². The summed E-state index contributed by atoms with van der Waals surface area (Å²) in [5.74, 6) is -1.16. The largest absolute Gasteiger partial charge is 0.441 e. The first-order valence-electron chi connectivity index (χ1n) is 8.87. The molecular weight excluding hydrogens is 421 g/mol. The van der Waals surface area contributed by atoms with Crippen molar-refractivity contribution in [2.24, 2.45) is 0 Å². The number of halogens is 4. The predicted molar refractivity (Wildman–Crippen MR) is 108 cm³/mol. The van der Waals surface area contributed by atoms with Crippen LogP contribution in [0.3, 0.4) is 0 Å². The predicted octanol–water partition coefficient (Wildman–Crippen LogP) is 6.08. The van der Waals surface area contributed by atoms with Crippen molar-refractivity contribution < 1.29 is 18.0 Å². The number of carbonyl (C=O) groups excluding carboxylic acids is 1. The second-order valence-corrected chi connectivity index (χ2v) is 7.44. The molecule has 29 heavy (non-hydrogen) atoms. The van der Waals surface area contributed by atoms with E-state index in [2.05, 4.69) is 4.98 Å². The SMILES string of the molecule is CC(c1ccc(F)c(F)c1)N(C)C(=O)CCc1ncc(-c2ccc(Cl)cc2Cl)o1. The molecule has 0 aliphatic heterocycles. The Hall–Kier alpha value is -2.44. The van der Waals surface area contributed by atoms with E-state index in [0.29, 0.717) is 39.2 Å². The Morgan fingerprint density at radius 1 is 1.17 bits per heavy atom. The maximum absolute atomic E-state index is 13.5. The summed E-state index contributed by atoms with van der Waals surface area (Å²) in [5, 5.41) is 0.957. The molecule has 0 spiro atoms. The molecule has 1 unspecified atom stereocenters. The van der Waals surface area contributed by atoms with Gasteiger partial charge in [0.2, 0.25) is 5.91 Å². The van der Waals surface area contributed by atoms with Crippen LogP contribution in [-0.4, -0.2) is 22.8 Å². The first kappa shape index (κ1) is 21.3. The van der Waals surface area contributed by atoms with Crippen molar-refractivity contribution in [2.45, 2.75) is 25.8 Å². The number of carbonyl (C=O) groups is 1. The summed E-state index contributed by atoms with van der Waals surface area (Å²) in [5.41, 5.74) is 1.17. The molecule has 8 heteroatoms. The molecule has 0 saturated carbocycles. The van der Waals surface area contributed by atoms with Crippen LogP contribution in [0.2, 0.25) is 10.0 Å². The molecule has 1 amide bonds. The number of oxazole rings is 1. The summed E-state index contributed by atoms with van der Waals surface area (Å²) in [7, 11) is 1.61. The van der Waals surface area contributed by atoms with Crippen molar-refractivity contribution in [1.82, 2.24) is 9.88 Å². The van der Waals surface area contributed by atoms with Gasteiger partial charge in [-0.15, -0.1) is 0 Å². The molecule has 0 N–H and O–H groups in total. The lowest BCUT2D eigenvalue weighted by Crippen LogP contribution is -2.30.